The van der Waals surface area contributed by atoms with Crippen LogP contribution in [0.15, 0.2) is 47.7 Å². The number of alkyl halides is 2. The third-order valence-electron chi connectivity index (χ3n) is 17.8. The van der Waals surface area contributed by atoms with E-state index in [1.165, 1.54) is 102 Å². The Bertz CT molecular complexity index is 4080. The molecule has 109 heavy (non-hydrogen) atoms. The molecule has 0 radical (unpaired) electrons. The number of carbonyl (C=O) groups excluding carboxylic acids is 3. The number of nitrogens with two attached hydrogens (primary N) is 1. The second-order valence-corrected chi connectivity index (χ2v) is 34.4. The van der Waals surface area contributed by atoms with Crippen molar-refractivity contribution in [2.45, 2.75) is 109 Å². The number of esters is 1. The second-order valence-electron chi connectivity index (χ2n) is 26.6. The summed E-state index contributed by atoms with van der Waals surface area (Å²) in [7, 11) is 10.2. The number of aliphatic hydroxyl groups is 2. The van der Waals surface area contributed by atoms with Gasteiger partial charge in [-0.3, -0.25) is 4.79 Å². The summed E-state index contributed by atoms with van der Waals surface area (Å²) in [5, 5.41) is 34.3. The molecule has 31 heteroatoms. The first-order valence-electron chi connectivity index (χ1n) is 35.8. The molecule has 1 amide bonds. The van der Waals surface area contributed by atoms with Crippen molar-refractivity contribution in [2.75, 3.05) is 181 Å². The zero-order valence-electron chi connectivity index (χ0n) is 64.5. The lowest BCUT2D eigenvalue weighted by atomic mass is 9.84. The van der Waals surface area contributed by atoms with Gasteiger partial charge in [-0.05, 0) is 120 Å². The molecule has 596 valence electrons. The molecule has 6 aromatic heterocycles. The quantitative estimate of drug-likeness (QED) is 0.00409. The van der Waals surface area contributed by atoms with Crippen LogP contribution in [-0.2, 0) is 58.9 Å². The van der Waals surface area contributed by atoms with Crippen molar-refractivity contribution in [1.29, 1.82) is 5.26 Å². The smallest absolute Gasteiger partial charge is 0.407 e. The number of likely N-dealkylation sites (N-methyl/N-ethyl adjacent to an activating group) is 3. The maximum Gasteiger partial charge on any atom is 0.407 e. The minimum atomic E-state index is -0.477. The maximum atomic E-state index is 12.1. The predicted octanol–water partition coefficient (Wildman–Crippen LogP) is 17.0. The fraction of sp³-hybridized carbons (Fsp3) is 0.538. The number of carbonyl (C=O) groups is 3. The third-order valence-corrected chi connectivity index (χ3v) is 26.5. The van der Waals surface area contributed by atoms with E-state index in [0.717, 1.165) is 94.4 Å². The number of aldehydes is 1. The molecule has 0 fully saturated rings. The van der Waals surface area contributed by atoms with E-state index in [4.69, 9.17) is 105 Å². The van der Waals surface area contributed by atoms with Gasteiger partial charge in [0.15, 0.2) is 11.3 Å². The fourth-order valence-electron chi connectivity index (χ4n) is 11.5. The van der Waals surface area contributed by atoms with Crippen LogP contribution in [0.5, 0.6) is 0 Å². The standard InChI is InChI=1S/C30H40ClN3O5S3.C19H20N2O2S3.C15H17NO2S2.C10H22ClNO2.C4H5NO2/c1-30(2)23-18-22(17-21(20-32)28(40)36-4)41-26(23)27-24(30)19-25(42-27)34(3)11-14-39-29(35)33-10-13-38-16-15-37-12-8-6-5-7-9-31;1-19(2)12-8-11(9-14(20-3)18(24)23-5)25-16(12)17-13(19)10-15(26-17)21(4)6-7-22;1-15(2)10-6-9(8-18)19-13(10)14-11(15)7-12(20-14)16(3)4-5-17;11-5-3-1-2-4-7-13-9-10-14-8-6-12;1-5-3-4(6)7-2/h17-19H,5-16H2,1-4H3,(H,33,35);8-10,22H,6-7H2,1-2,4-5H3;6-8,17H,4-5H2,1-3H3;1-10,12H2;3H2,2H3/b21-17+;14-9-;;;. The number of nitriles is 1. The van der Waals surface area contributed by atoms with Gasteiger partial charge in [-0.15, -0.1) is 91.2 Å². The van der Waals surface area contributed by atoms with Crippen LogP contribution in [0.1, 0.15) is 146 Å². The van der Waals surface area contributed by atoms with E-state index in [0.29, 0.717) is 83.6 Å². The fourth-order valence-corrected chi connectivity index (χ4v) is 20.1. The van der Waals surface area contributed by atoms with Gasteiger partial charge in [0, 0.05) is 113 Å². The monoisotopic (exact) mass is 1690 g/mol. The number of thiocarbonyl (C=S) groups is 2. The molecule has 0 saturated carbocycles. The van der Waals surface area contributed by atoms with Crippen LogP contribution in [-0.4, -0.2) is 205 Å². The Morgan fingerprint density at radius 3 is 1.34 bits per heavy atom. The zero-order valence-corrected chi connectivity index (χ0v) is 72.5. The lowest BCUT2D eigenvalue weighted by Gasteiger charge is -2.20. The highest BCUT2D eigenvalue weighted by Gasteiger charge is 2.42. The number of aliphatic hydroxyl groups excluding tert-OH is 2. The van der Waals surface area contributed by atoms with Crippen LogP contribution in [0.25, 0.3) is 51.1 Å². The number of fused-ring (bicyclic) bond motifs is 9. The van der Waals surface area contributed by atoms with Gasteiger partial charge in [0.1, 0.15) is 18.2 Å². The first-order valence-corrected chi connectivity index (χ1v) is 42.5. The first-order chi connectivity index (χ1) is 52.3. The summed E-state index contributed by atoms with van der Waals surface area (Å²) in [6.45, 7) is 34.9. The van der Waals surface area contributed by atoms with Crippen LogP contribution in [0, 0.1) is 24.5 Å². The van der Waals surface area contributed by atoms with E-state index in [9.17, 15) is 24.8 Å². The Labute approximate surface area is 688 Å². The highest BCUT2D eigenvalue weighted by atomic mass is 35.5. The number of hydrogen-bond acceptors (Lipinski definition) is 26. The molecular formula is C78H104Cl2N8O13S8. The summed E-state index contributed by atoms with van der Waals surface area (Å²) in [6.07, 6.45) is 13.1. The van der Waals surface area contributed by atoms with Crippen LogP contribution in [0.4, 0.5) is 19.8 Å². The average Bonchev–Trinajstić information content (AvgIpc) is 1.58. The number of methoxy groups -OCH3 is 3. The molecule has 21 nitrogen and oxygen atoms in total. The Balaban J connectivity index is 0.000000271. The molecule has 0 spiro atoms. The number of hydrogen-bond donors (Lipinski definition) is 4. The molecule has 0 bridgehead atoms. The van der Waals surface area contributed by atoms with E-state index in [2.05, 4.69) is 112 Å². The van der Waals surface area contributed by atoms with E-state index < -0.39 is 12.1 Å². The van der Waals surface area contributed by atoms with Crippen molar-refractivity contribution in [3.8, 4) is 35.3 Å². The lowest BCUT2D eigenvalue weighted by Crippen LogP contribution is -2.31. The van der Waals surface area contributed by atoms with Gasteiger partial charge in [0.25, 0.3) is 0 Å². The van der Waals surface area contributed by atoms with E-state index in [-0.39, 0.29) is 52.7 Å². The Kier molecular flexibility index (Phi) is 41.4. The topological polar surface area (TPSA) is 246 Å². The van der Waals surface area contributed by atoms with Crippen molar-refractivity contribution in [3.63, 3.8) is 0 Å². The SMILES string of the molecule is CN(CCO)c1cc2c(s1)-c1sc(C=O)cc1C2(C)C.COC(=S)/C(C#N)=C/c1cc2c(s1)-c1sc(N(C)CCOC(=O)NCCOCCOCCCCCCCl)cc1C2(C)C.NCCOCCOCCCCCCCl.[C-]#[N+]/C(=C\c1cc2c(s1)-c1sc(N(C)CCO)cc1C2(C)C)C(=S)OC.[C-]#[N+]CC(=O)OC. The molecule has 0 aromatic carbocycles. The number of ether oxygens (including phenoxy) is 8. The van der Waals surface area contributed by atoms with Gasteiger partial charge in [0.2, 0.25) is 10.7 Å². The summed E-state index contributed by atoms with van der Waals surface area (Å²) in [6, 6.07) is 15.1. The van der Waals surface area contributed by atoms with Crippen molar-refractivity contribution < 1.29 is 62.5 Å². The number of nitrogens with one attached hydrogen (secondary N) is 1. The highest BCUT2D eigenvalue weighted by Crippen LogP contribution is 2.60. The normalized spacial score (nSPS) is 13.2. The Hall–Kier alpha value is -5.96. The van der Waals surface area contributed by atoms with Crippen molar-refractivity contribution in [2.24, 2.45) is 5.73 Å². The van der Waals surface area contributed by atoms with Gasteiger partial charge in [0.05, 0.1) is 122 Å². The van der Waals surface area contributed by atoms with E-state index >= 15 is 0 Å². The summed E-state index contributed by atoms with van der Waals surface area (Å²) >= 11 is 31.6. The Morgan fingerprint density at radius 2 is 0.954 bits per heavy atom. The highest BCUT2D eigenvalue weighted by molar-refractivity contribution is 7.80. The number of halogens is 2. The molecular weight excluding hydrogens is 1580 g/mol. The van der Waals surface area contributed by atoms with Gasteiger partial charge < -0.3 is 78.7 Å². The van der Waals surface area contributed by atoms with Crippen molar-refractivity contribution >= 4 is 171 Å². The van der Waals surface area contributed by atoms with E-state index in [1.807, 2.05) is 33.3 Å². The van der Waals surface area contributed by atoms with Gasteiger partial charge in [-0.25, -0.2) is 21.0 Å². The molecule has 0 unspecified atom stereocenters. The summed E-state index contributed by atoms with van der Waals surface area (Å²) < 4.78 is 41.2. The third kappa shape index (κ3) is 27.1. The number of rotatable bonds is 39. The van der Waals surface area contributed by atoms with Gasteiger partial charge in [-0.1, -0.05) is 79.4 Å². The zero-order chi connectivity index (χ0) is 80.3. The molecule has 6 heterocycles. The minimum absolute atomic E-state index is 0.0444. The maximum absolute atomic E-state index is 12.1. The van der Waals surface area contributed by atoms with Crippen molar-refractivity contribution in [3.05, 3.63) is 119 Å². The molecule has 9 rings (SSSR count). The second kappa shape index (κ2) is 48.2. The van der Waals surface area contributed by atoms with Gasteiger partial charge >= 0.3 is 18.6 Å². The molecule has 6 aromatic rings. The largest absolute Gasteiger partial charge is 0.497 e. The first kappa shape index (κ1) is 93.6. The number of alkyl carbamates (subject to hydrolysis) is 1. The summed E-state index contributed by atoms with van der Waals surface area (Å²) in [5.74, 6) is 1.02. The number of thiophene rings is 6. The molecule has 5 N–H and O–H groups in total. The van der Waals surface area contributed by atoms with Crippen molar-refractivity contribution in [1.82, 2.24) is 5.32 Å². The molecule has 0 atom stereocenters. The van der Waals surface area contributed by atoms with Gasteiger partial charge in [-0.2, -0.15) is 5.26 Å². The van der Waals surface area contributed by atoms with Crippen LogP contribution in [0.3, 0.4) is 0 Å². The Morgan fingerprint density at radius 1 is 0.560 bits per heavy atom. The molecule has 0 aliphatic heterocycles. The number of amides is 1. The van der Waals surface area contributed by atoms with Crippen LogP contribution in [0.2, 0.25) is 0 Å². The number of unbranched alkanes of at least 4 members (excludes halogenated alkanes) is 6. The molecule has 3 aliphatic carbocycles. The molecule has 3 aliphatic rings. The average molecular weight is 1690 g/mol. The molecule has 0 saturated heterocycles. The van der Waals surface area contributed by atoms with E-state index in [1.54, 1.807) is 74.1 Å². The summed E-state index contributed by atoms with van der Waals surface area (Å²) in [4.78, 5) is 55.9. The van der Waals surface area contributed by atoms with Crippen LogP contribution < -0.4 is 25.8 Å². The lowest BCUT2D eigenvalue weighted by molar-refractivity contribution is -0.138. The number of anilines is 3. The predicted molar refractivity (Wildman–Crippen MR) is 460 cm³/mol. The van der Waals surface area contributed by atoms with Crippen LogP contribution >= 0.6 is 116 Å². The summed E-state index contributed by atoms with van der Waals surface area (Å²) in [5.41, 5.74) is 13.4. The number of nitrogens with zero attached hydrogens (tertiary/aromatic N) is 6. The minimum Gasteiger partial charge on any atom is -0.497 e.